The summed E-state index contributed by atoms with van der Waals surface area (Å²) in [4.78, 5) is 32.3. The number of carbonyl (C=O) groups excluding carboxylic acids is 2. The lowest BCUT2D eigenvalue weighted by molar-refractivity contribution is -0.385. The molecule has 0 unspecified atom stereocenters. The summed E-state index contributed by atoms with van der Waals surface area (Å²) in [6.07, 6.45) is 0. The van der Waals surface area contributed by atoms with Crippen LogP contribution in [0.4, 0.5) is 5.69 Å². The van der Waals surface area contributed by atoms with Crippen molar-refractivity contribution in [3.05, 3.63) is 38.9 Å². The van der Waals surface area contributed by atoms with Crippen LogP contribution >= 0.6 is 0 Å². The molecule has 0 spiro atoms. The number of nitro groups is 1. The first-order valence-corrected chi connectivity index (χ1v) is 4.07. The molecule has 0 saturated heterocycles. The third-order valence-electron chi connectivity index (χ3n) is 2.17. The first-order valence-electron chi connectivity index (χ1n) is 4.07. The molecule has 6 heteroatoms. The molecular weight excluding hydrogens is 202 g/mol. The van der Waals surface area contributed by atoms with Crippen LogP contribution in [0.1, 0.15) is 26.3 Å². The second-order valence-electron chi connectivity index (χ2n) is 3.09. The molecule has 0 fully saturated rings. The fourth-order valence-electron chi connectivity index (χ4n) is 1.50. The molecule has 0 aliphatic carbocycles. The molecule has 76 valence electrons. The smallest absolute Gasteiger partial charge is 0.353 e. The van der Waals surface area contributed by atoms with Gasteiger partial charge in [-0.05, 0) is 13.0 Å². The molecule has 1 aliphatic heterocycles. The minimum atomic E-state index is -0.953. The Labute approximate surface area is 83.6 Å². The quantitative estimate of drug-likeness (QED) is 0.299. The van der Waals surface area contributed by atoms with Crippen LogP contribution in [-0.4, -0.2) is 16.9 Å². The molecular formula is C9H5NO5. The molecule has 1 aromatic rings. The van der Waals surface area contributed by atoms with Gasteiger partial charge in [0.1, 0.15) is 0 Å². The summed E-state index contributed by atoms with van der Waals surface area (Å²) in [5, 5.41) is 10.7. The van der Waals surface area contributed by atoms with Crippen molar-refractivity contribution >= 4 is 17.6 Å². The van der Waals surface area contributed by atoms with Crippen molar-refractivity contribution in [2.24, 2.45) is 0 Å². The second kappa shape index (κ2) is 2.88. The fraction of sp³-hybridized carbons (Fsp3) is 0.111. The summed E-state index contributed by atoms with van der Waals surface area (Å²) >= 11 is 0. The van der Waals surface area contributed by atoms with Gasteiger partial charge in [0.25, 0.3) is 5.69 Å². The van der Waals surface area contributed by atoms with E-state index in [4.69, 9.17) is 0 Å². The lowest BCUT2D eigenvalue weighted by atomic mass is 10.0. The summed E-state index contributed by atoms with van der Waals surface area (Å²) in [5.41, 5.74) is -0.323. The number of nitro benzene ring substituents is 1. The predicted molar refractivity (Wildman–Crippen MR) is 47.6 cm³/mol. The summed E-state index contributed by atoms with van der Waals surface area (Å²) in [7, 11) is 0. The summed E-state index contributed by atoms with van der Waals surface area (Å²) in [6, 6.07) is 2.77. The molecule has 15 heavy (non-hydrogen) atoms. The molecule has 1 aliphatic rings. The molecule has 0 bridgehead atoms. The molecule has 1 aromatic carbocycles. The van der Waals surface area contributed by atoms with Crippen molar-refractivity contribution in [3.63, 3.8) is 0 Å². The maximum absolute atomic E-state index is 11.2. The van der Waals surface area contributed by atoms with Crippen molar-refractivity contribution in [2.45, 2.75) is 6.92 Å². The number of benzene rings is 1. The van der Waals surface area contributed by atoms with E-state index >= 15 is 0 Å². The van der Waals surface area contributed by atoms with Gasteiger partial charge in [0.2, 0.25) is 0 Å². The number of esters is 2. The van der Waals surface area contributed by atoms with Gasteiger partial charge in [-0.2, -0.15) is 0 Å². The summed E-state index contributed by atoms with van der Waals surface area (Å²) < 4.78 is 4.30. The average Bonchev–Trinajstić information content (AvgIpc) is 2.41. The Morgan fingerprint density at radius 3 is 2.53 bits per heavy atom. The highest BCUT2D eigenvalue weighted by Gasteiger charge is 2.37. The fourth-order valence-corrected chi connectivity index (χ4v) is 1.50. The molecule has 1 heterocycles. The largest absolute Gasteiger partial charge is 0.385 e. The average molecular weight is 207 g/mol. The number of nitrogens with zero attached hydrogens (tertiary/aromatic N) is 1. The Morgan fingerprint density at radius 1 is 1.27 bits per heavy atom. The van der Waals surface area contributed by atoms with Gasteiger partial charge < -0.3 is 4.74 Å². The summed E-state index contributed by atoms with van der Waals surface area (Å²) in [5.74, 6) is -1.79. The number of rotatable bonds is 1. The highest BCUT2D eigenvalue weighted by Crippen LogP contribution is 2.31. The number of hydrogen-bond acceptors (Lipinski definition) is 5. The molecule has 6 nitrogen and oxygen atoms in total. The highest BCUT2D eigenvalue weighted by molar-refractivity contribution is 6.17. The zero-order chi connectivity index (χ0) is 11.2. The van der Waals surface area contributed by atoms with E-state index in [0.717, 1.165) is 0 Å². The summed E-state index contributed by atoms with van der Waals surface area (Å²) in [6.45, 7) is 1.49. The van der Waals surface area contributed by atoms with Gasteiger partial charge in [-0.3, -0.25) is 10.1 Å². The molecule has 0 saturated carbocycles. The van der Waals surface area contributed by atoms with Crippen LogP contribution < -0.4 is 0 Å². The lowest BCUT2D eigenvalue weighted by Crippen LogP contribution is -2.02. The number of aryl methyl sites for hydroxylation is 1. The van der Waals surface area contributed by atoms with Gasteiger partial charge in [0.15, 0.2) is 5.56 Å². The molecule has 0 radical (unpaired) electrons. The number of fused-ring (bicyclic) bond motifs is 1. The Morgan fingerprint density at radius 2 is 1.93 bits per heavy atom. The van der Waals surface area contributed by atoms with Crippen LogP contribution in [0.2, 0.25) is 0 Å². The Bertz CT molecular complexity index is 505. The number of cyclic esters (lactones) is 2. The van der Waals surface area contributed by atoms with Gasteiger partial charge in [0, 0.05) is 5.56 Å². The Hall–Kier alpha value is -2.24. The monoisotopic (exact) mass is 207 g/mol. The maximum atomic E-state index is 11.2. The Kier molecular flexibility index (Phi) is 1.79. The van der Waals surface area contributed by atoms with Crippen LogP contribution in [0, 0.1) is 17.0 Å². The number of hydrogen-bond donors (Lipinski definition) is 0. The topological polar surface area (TPSA) is 86.5 Å². The van der Waals surface area contributed by atoms with Crippen molar-refractivity contribution in [1.82, 2.24) is 0 Å². The van der Waals surface area contributed by atoms with Crippen molar-refractivity contribution < 1.29 is 19.2 Å². The molecule has 0 N–H and O–H groups in total. The lowest BCUT2D eigenvalue weighted by Gasteiger charge is -1.98. The van der Waals surface area contributed by atoms with E-state index in [1.807, 2.05) is 0 Å². The molecule has 0 atom stereocenters. The van der Waals surface area contributed by atoms with Gasteiger partial charge in [0.05, 0.1) is 10.5 Å². The third-order valence-corrected chi connectivity index (χ3v) is 2.17. The van der Waals surface area contributed by atoms with Gasteiger partial charge in [-0.25, -0.2) is 9.59 Å². The second-order valence-corrected chi connectivity index (χ2v) is 3.09. The van der Waals surface area contributed by atoms with Crippen molar-refractivity contribution in [2.75, 3.05) is 0 Å². The van der Waals surface area contributed by atoms with E-state index in [1.54, 1.807) is 0 Å². The number of carbonyl (C=O) groups is 2. The van der Waals surface area contributed by atoms with Gasteiger partial charge >= 0.3 is 11.9 Å². The minimum Gasteiger partial charge on any atom is -0.385 e. The van der Waals surface area contributed by atoms with E-state index in [1.165, 1.54) is 19.1 Å². The zero-order valence-electron chi connectivity index (χ0n) is 7.64. The van der Waals surface area contributed by atoms with Crippen molar-refractivity contribution in [1.29, 1.82) is 0 Å². The maximum Gasteiger partial charge on any atom is 0.353 e. The van der Waals surface area contributed by atoms with Crippen LogP contribution in [-0.2, 0) is 4.74 Å². The van der Waals surface area contributed by atoms with E-state index in [-0.39, 0.29) is 16.8 Å². The van der Waals surface area contributed by atoms with Crippen LogP contribution in [0.15, 0.2) is 12.1 Å². The van der Waals surface area contributed by atoms with Crippen LogP contribution in [0.5, 0.6) is 0 Å². The standard InChI is InChI=1S/C9H5NO5/c1-4-2-3-5-6(7(4)10(13)14)9(12)15-8(5)11/h2-3H,1H3. The van der Waals surface area contributed by atoms with Crippen LogP contribution in [0.3, 0.4) is 0 Å². The van der Waals surface area contributed by atoms with Gasteiger partial charge in [-0.1, -0.05) is 6.07 Å². The van der Waals surface area contributed by atoms with Crippen LogP contribution in [0.25, 0.3) is 0 Å². The van der Waals surface area contributed by atoms with E-state index < -0.39 is 16.9 Å². The predicted octanol–water partition coefficient (Wildman–Crippen LogP) is 1.21. The normalized spacial score (nSPS) is 13.7. The minimum absolute atomic E-state index is 0.0442. The molecule has 2 rings (SSSR count). The SMILES string of the molecule is Cc1ccc2c(c1[N+](=O)[O-])C(=O)OC2=O. The first kappa shape index (κ1) is 9.32. The highest BCUT2D eigenvalue weighted by atomic mass is 16.6. The molecule has 0 aromatic heterocycles. The van der Waals surface area contributed by atoms with Gasteiger partial charge in [-0.15, -0.1) is 0 Å². The first-order chi connectivity index (χ1) is 7.02. The van der Waals surface area contributed by atoms with E-state index in [0.29, 0.717) is 5.56 Å². The van der Waals surface area contributed by atoms with E-state index in [2.05, 4.69) is 4.74 Å². The zero-order valence-corrected chi connectivity index (χ0v) is 7.64. The van der Waals surface area contributed by atoms with E-state index in [9.17, 15) is 19.7 Å². The Balaban J connectivity index is 2.81. The third kappa shape index (κ3) is 1.18. The van der Waals surface area contributed by atoms with Crippen molar-refractivity contribution in [3.8, 4) is 0 Å². The number of ether oxygens (including phenoxy) is 1. The molecule has 0 amide bonds.